The number of ether oxygens (including phenoxy) is 1. The Kier molecular flexibility index (Phi) is 2.14. The van der Waals surface area contributed by atoms with Crippen LogP contribution in [0.1, 0.15) is 24.2 Å². The maximum Gasteiger partial charge on any atom is 0.268 e. The summed E-state index contributed by atoms with van der Waals surface area (Å²) < 4.78 is 5.67. The average molecular weight is 259 g/mol. The maximum atomic E-state index is 11.8. The molecule has 4 N–H and O–H groups in total. The predicted molar refractivity (Wildman–Crippen MR) is 70.2 cm³/mol. The van der Waals surface area contributed by atoms with Crippen molar-refractivity contribution in [1.29, 1.82) is 0 Å². The number of benzene rings is 1. The monoisotopic (exact) mass is 259 g/mol. The normalized spacial score (nSPS) is 16.6. The van der Waals surface area contributed by atoms with E-state index in [-0.39, 0.29) is 5.91 Å². The summed E-state index contributed by atoms with van der Waals surface area (Å²) in [5.41, 5.74) is 6.06. The molecule has 0 fully saturated rings. The van der Waals surface area contributed by atoms with Crippen molar-refractivity contribution in [2.24, 2.45) is 5.73 Å². The summed E-state index contributed by atoms with van der Waals surface area (Å²) in [6.45, 7) is 3.36. The van der Waals surface area contributed by atoms with Crippen molar-refractivity contribution >= 4 is 28.4 Å². The zero-order valence-corrected chi connectivity index (χ0v) is 10.5. The van der Waals surface area contributed by atoms with Crippen LogP contribution in [0.25, 0.3) is 10.9 Å². The number of carbonyl (C=O) groups excluding carboxylic acids is 2. The first kappa shape index (κ1) is 11.6. The van der Waals surface area contributed by atoms with Gasteiger partial charge < -0.3 is 20.8 Å². The maximum absolute atomic E-state index is 11.8. The van der Waals surface area contributed by atoms with Crippen molar-refractivity contribution in [3.63, 3.8) is 0 Å². The molecule has 1 aromatic heterocycles. The van der Waals surface area contributed by atoms with Crippen LogP contribution in [0, 0.1) is 0 Å². The van der Waals surface area contributed by atoms with Crippen molar-refractivity contribution in [3.8, 4) is 5.75 Å². The summed E-state index contributed by atoms with van der Waals surface area (Å²) >= 11 is 0. The summed E-state index contributed by atoms with van der Waals surface area (Å²) in [5.74, 6) is -0.189. The molecule has 1 aliphatic rings. The van der Waals surface area contributed by atoms with Gasteiger partial charge in [0.2, 0.25) is 0 Å². The van der Waals surface area contributed by atoms with Gasteiger partial charge >= 0.3 is 0 Å². The highest BCUT2D eigenvalue weighted by Gasteiger charge is 2.35. The topological polar surface area (TPSA) is 97.2 Å². The first-order valence-electron chi connectivity index (χ1n) is 5.84. The van der Waals surface area contributed by atoms with Crippen LogP contribution in [0.5, 0.6) is 5.75 Å². The number of nitrogens with two attached hydrogens (primary N) is 1. The lowest BCUT2D eigenvalue weighted by molar-refractivity contribution is -0.129. The molecule has 0 spiro atoms. The van der Waals surface area contributed by atoms with Gasteiger partial charge in [0.15, 0.2) is 5.60 Å². The molecule has 6 heteroatoms. The molecule has 6 nitrogen and oxygen atoms in total. The second kappa shape index (κ2) is 3.50. The molecule has 1 aromatic carbocycles. The third kappa shape index (κ3) is 1.64. The molecule has 0 saturated carbocycles. The Bertz CT molecular complexity index is 715. The van der Waals surface area contributed by atoms with Crippen molar-refractivity contribution in [2.45, 2.75) is 19.4 Å². The van der Waals surface area contributed by atoms with E-state index in [2.05, 4.69) is 10.3 Å². The van der Waals surface area contributed by atoms with Crippen LogP contribution in [0.15, 0.2) is 18.3 Å². The second-order valence-corrected chi connectivity index (χ2v) is 5.03. The molecule has 2 aromatic rings. The summed E-state index contributed by atoms with van der Waals surface area (Å²) in [5, 5.41) is 3.46. The summed E-state index contributed by atoms with van der Waals surface area (Å²) in [6.07, 6.45) is 1.55. The number of hydrogen-bond acceptors (Lipinski definition) is 3. The molecular formula is C13H13N3O3. The largest absolute Gasteiger partial charge is 0.476 e. The van der Waals surface area contributed by atoms with Crippen molar-refractivity contribution in [2.75, 3.05) is 5.32 Å². The van der Waals surface area contributed by atoms with Gasteiger partial charge in [-0.3, -0.25) is 9.59 Å². The number of nitrogens with one attached hydrogen (secondary N) is 2. The molecule has 0 aliphatic carbocycles. The predicted octanol–water partition coefficient (Wildman–Crippen LogP) is 1.38. The Labute approximate surface area is 108 Å². The smallest absolute Gasteiger partial charge is 0.268 e. The van der Waals surface area contributed by atoms with Gasteiger partial charge in [-0.25, -0.2) is 0 Å². The molecule has 1 aliphatic heterocycles. The number of rotatable bonds is 1. The van der Waals surface area contributed by atoms with Gasteiger partial charge in [0.05, 0.1) is 11.3 Å². The first-order chi connectivity index (χ1) is 8.88. The molecule has 0 bridgehead atoms. The van der Waals surface area contributed by atoms with Crippen LogP contribution in [-0.2, 0) is 4.79 Å². The van der Waals surface area contributed by atoms with Crippen LogP contribution >= 0.6 is 0 Å². The molecule has 19 heavy (non-hydrogen) atoms. The second-order valence-electron chi connectivity index (χ2n) is 5.03. The van der Waals surface area contributed by atoms with Gasteiger partial charge in [-0.15, -0.1) is 0 Å². The van der Waals surface area contributed by atoms with Crippen LogP contribution < -0.4 is 15.8 Å². The van der Waals surface area contributed by atoms with Crippen LogP contribution in [0.4, 0.5) is 5.69 Å². The van der Waals surface area contributed by atoms with E-state index in [9.17, 15) is 9.59 Å². The number of aromatic nitrogens is 1. The van der Waals surface area contributed by atoms with Gasteiger partial charge in [0.25, 0.3) is 11.8 Å². The number of H-pyrrole nitrogens is 1. The Morgan fingerprint density at radius 3 is 2.79 bits per heavy atom. The first-order valence-corrected chi connectivity index (χ1v) is 5.84. The molecule has 0 atom stereocenters. The SMILES string of the molecule is CC1(C)Oc2cc3c(C(N)=O)c[nH]c3cc2NC1=O. The van der Waals surface area contributed by atoms with Crippen LogP contribution in [-0.4, -0.2) is 22.4 Å². The molecule has 2 amide bonds. The van der Waals surface area contributed by atoms with Crippen LogP contribution in [0.2, 0.25) is 0 Å². The minimum atomic E-state index is -0.941. The fraction of sp³-hybridized carbons (Fsp3) is 0.231. The van der Waals surface area contributed by atoms with E-state index < -0.39 is 11.5 Å². The van der Waals surface area contributed by atoms with Gasteiger partial charge in [-0.05, 0) is 26.0 Å². The Morgan fingerprint density at radius 1 is 1.37 bits per heavy atom. The molecule has 3 rings (SSSR count). The molecular weight excluding hydrogens is 246 g/mol. The molecule has 0 saturated heterocycles. The number of aromatic amines is 1. The summed E-state index contributed by atoms with van der Waals surface area (Å²) in [7, 11) is 0. The summed E-state index contributed by atoms with van der Waals surface area (Å²) in [6, 6.07) is 3.44. The Balaban J connectivity index is 2.21. The average Bonchev–Trinajstić information content (AvgIpc) is 2.70. The minimum Gasteiger partial charge on any atom is -0.476 e. The lowest BCUT2D eigenvalue weighted by Gasteiger charge is -2.31. The standard InChI is InChI=1S/C13H13N3O3/c1-13(2)12(18)16-9-4-8-6(3-10(9)19-13)7(5-15-8)11(14)17/h3-5,15H,1-2H3,(H2,14,17)(H,16,18). The van der Waals surface area contributed by atoms with Gasteiger partial charge in [0.1, 0.15) is 5.75 Å². The lowest BCUT2D eigenvalue weighted by atomic mass is 10.0. The van der Waals surface area contributed by atoms with Crippen molar-refractivity contribution in [3.05, 3.63) is 23.9 Å². The van der Waals surface area contributed by atoms with Crippen molar-refractivity contribution < 1.29 is 14.3 Å². The van der Waals surface area contributed by atoms with E-state index in [1.54, 1.807) is 32.2 Å². The lowest BCUT2D eigenvalue weighted by Crippen LogP contribution is -2.45. The number of primary amides is 1. The van der Waals surface area contributed by atoms with E-state index in [1.807, 2.05) is 0 Å². The number of anilines is 1. The fourth-order valence-electron chi connectivity index (χ4n) is 2.13. The highest BCUT2D eigenvalue weighted by molar-refractivity contribution is 6.09. The van der Waals surface area contributed by atoms with Gasteiger partial charge in [-0.1, -0.05) is 0 Å². The molecule has 98 valence electrons. The Morgan fingerprint density at radius 2 is 2.11 bits per heavy atom. The van der Waals surface area contributed by atoms with E-state index in [4.69, 9.17) is 10.5 Å². The highest BCUT2D eigenvalue weighted by atomic mass is 16.5. The van der Waals surface area contributed by atoms with E-state index in [0.717, 1.165) is 5.52 Å². The Hall–Kier alpha value is -2.50. The molecule has 0 unspecified atom stereocenters. The zero-order valence-electron chi connectivity index (χ0n) is 10.5. The molecule has 2 heterocycles. The number of hydrogen-bond donors (Lipinski definition) is 3. The molecule has 0 radical (unpaired) electrons. The number of amides is 2. The third-order valence-electron chi connectivity index (χ3n) is 3.21. The van der Waals surface area contributed by atoms with Gasteiger partial charge in [0, 0.05) is 17.1 Å². The van der Waals surface area contributed by atoms with Crippen LogP contribution in [0.3, 0.4) is 0 Å². The third-order valence-corrected chi connectivity index (χ3v) is 3.21. The summed E-state index contributed by atoms with van der Waals surface area (Å²) in [4.78, 5) is 26.1. The minimum absolute atomic E-state index is 0.207. The highest BCUT2D eigenvalue weighted by Crippen LogP contribution is 2.37. The zero-order chi connectivity index (χ0) is 13.8. The van der Waals surface area contributed by atoms with Crippen molar-refractivity contribution in [1.82, 2.24) is 4.98 Å². The quantitative estimate of drug-likeness (QED) is 0.721. The number of fused-ring (bicyclic) bond motifs is 2. The van der Waals surface area contributed by atoms with E-state index >= 15 is 0 Å². The van der Waals surface area contributed by atoms with E-state index in [0.29, 0.717) is 22.4 Å². The van der Waals surface area contributed by atoms with E-state index in [1.165, 1.54) is 0 Å². The van der Waals surface area contributed by atoms with Gasteiger partial charge in [-0.2, -0.15) is 0 Å². The number of carbonyl (C=O) groups is 2. The fourth-order valence-corrected chi connectivity index (χ4v) is 2.13.